The lowest BCUT2D eigenvalue weighted by Crippen LogP contribution is -2.02. The van der Waals surface area contributed by atoms with Gasteiger partial charge in [0.15, 0.2) is 0 Å². The second-order valence-corrected chi connectivity index (χ2v) is 6.27. The average Bonchev–Trinajstić information content (AvgIpc) is 2.98. The molecule has 0 aliphatic heterocycles. The fraction of sp³-hybridized carbons (Fsp3) is 0.111. The van der Waals surface area contributed by atoms with Gasteiger partial charge in [-0.3, -0.25) is 14.9 Å². The highest BCUT2D eigenvalue weighted by Crippen LogP contribution is 2.36. The molecule has 7 heteroatoms. The fourth-order valence-corrected chi connectivity index (χ4v) is 3.28. The molecule has 0 saturated heterocycles. The number of ether oxygens (including phenoxy) is 1. The molecule has 0 atom stereocenters. The SMILES string of the molecule is CC(=O)Oc1sc(-c2ccc([N+](=O)[O-])cc2)nc1Cc1ccccc1. The van der Waals surface area contributed by atoms with Crippen molar-refractivity contribution in [3.8, 4) is 15.6 Å². The number of benzene rings is 2. The molecule has 0 spiro atoms. The molecule has 1 heterocycles. The van der Waals surface area contributed by atoms with Crippen LogP contribution in [0.1, 0.15) is 18.2 Å². The zero-order valence-corrected chi connectivity index (χ0v) is 14.2. The number of carbonyl (C=O) groups is 1. The number of esters is 1. The van der Waals surface area contributed by atoms with Gasteiger partial charge in [-0.2, -0.15) is 0 Å². The molecule has 0 unspecified atom stereocenters. The van der Waals surface area contributed by atoms with Crippen molar-refractivity contribution in [3.05, 3.63) is 76.0 Å². The van der Waals surface area contributed by atoms with Crippen LogP contribution >= 0.6 is 11.3 Å². The van der Waals surface area contributed by atoms with Crippen molar-refractivity contribution in [2.75, 3.05) is 0 Å². The van der Waals surface area contributed by atoms with E-state index in [1.54, 1.807) is 12.1 Å². The number of hydrogen-bond donors (Lipinski definition) is 0. The van der Waals surface area contributed by atoms with Gasteiger partial charge in [0, 0.05) is 31.0 Å². The molecule has 126 valence electrons. The zero-order valence-electron chi connectivity index (χ0n) is 13.3. The van der Waals surface area contributed by atoms with Crippen LogP contribution in [0.15, 0.2) is 54.6 Å². The Morgan fingerprint density at radius 3 is 2.44 bits per heavy atom. The first-order chi connectivity index (χ1) is 12.0. The maximum atomic E-state index is 11.4. The van der Waals surface area contributed by atoms with E-state index in [0.717, 1.165) is 11.1 Å². The summed E-state index contributed by atoms with van der Waals surface area (Å²) in [6.07, 6.45) is 0.535. The van der Waals surface area contributed by atoms with E-state index in [2.05, 4.69) is 4.98 Å². The number of rotatable bonds is 5. The maximum absolute atomic E-state index is 11.4. The normalized spacial score (nSPS) is 10.4. The van der Waals surface area contributed by atoms with E-state index in [4.69, 9.17) is 4.74 Å². The number of thiazole rings is 1. The number of nitrogens with zero attached hydrogens (tertiary/aromatic N) is 2. The molecule has 25 heavy (non-hydrogen) atoms. The van der Waals surface area contributed by atoms with Gasteiger partial charge in [-0.05, 0) is 17.7 Å². The lowest BCUT2D eigenvalue weighted by Gasteiger charge is -2.01. The van der Waals surface area contributed by atoms with Crippen molar-refractivity contribution < 1.29 is 14.5 Å². The molecule has 0 aliphatic rings. The number of non-ortho nitro benzene ring substituents is 1. The predicted molar refractivity (Wildman–Crippen MR) is 94.8 cm³/mol. The third-order valence-electron chi connectivity index (χ3n) is 3.44. The van der Waals surface area contributed by atoms with Gasteiger partial charge in [0.1, 0.15) is 5.01 Å². The third-order valence-corrected chi connectivity index (χ3v) is 4.46. The average molecular weight is 354 g/mol. The molecule has 0 N–H and O–H groups in total. The highest BCUT2D eigenvalue weighted by Gasteiger charge is 2.17. The third kappa shape index (κ3) is 4.07. The second-order valence-electron chi connectivity index (χ2n) is 5.31. The van der Waals surface area contributed by atoms with E-state index in [1.165, 1.54) is 30.4 Å². The summed E-state index contributed by atoms with van der Waals surface area (Å²) >= 11 is 1.25. The summed E-state index contributed by atoms with van der Waals surface area (Å²) in [5.41, 5.74) is 2.48. The Kier molecular flexibility index (Phi) is 4.85. The molecule has 1 aromatic heterocycles. The van der Waals surface area contributed by atoms with Crippen molar-refractivity contribution in [1.29, 1.82) is 0 Å². The van der Waals surface area contributed by atoms with Crippen molar-refractivity contribution in [2.24, 2.45) is 0 Å². The minimum absolute atomic E-state index is 0.0185. The minimum atomic E-state index is -0.448. The molecule has 2 aromatic carbocycles. The monoisotopic (exact) mass is 354 g/mol. The van der Waals surface area contributed by atoms with Crippen LogP contribution in [0.3, 0.4) is 0 Å². The van der Waals surface area contributed by atoms with Gasteiger partial charge < -0.3 is 4.74 Å². The van der Waals surface area contributed by atoms with Crippen LogP contribution in [0, 0.1) is 10.1 Å². The molecule has 0 aliphatic carbocycles. The highest BCUT2D eigenvalue weighted by molar-refractivity contribution is 7.17. The largest absolute Gasteiger partial charge is 0.414 e. The summed E-state index contributed by atoms with van der Waals surface area (Å²) in [5, 5.41) is 11.9. The van der Waals surface area contributed by atoms with Gasteiger partial charge in [0.05, 0.1) is 10.6 Å². The summed E-state index contributed by atoms with van der Waals surface area (Å²) in [7, 11) is 0. The summed E-state index contributed by atoms with van der Waals surface area (Å²) in [6, 6.07) is 15.9. The predicted octanol–water partition coefficient (Wildman–Crippen LogP) is 4.23. The minimum Gasteiger partial charge on any atom is -0.414 e. The zero-order chi connectivity index (χ0) is 17.8. The highest BCUT2D eigenvalue weighted by atomic mass is 32.1. The lowest BCUT2D eigenvalue weighted by molar-refractivity contribution is -0.384. The number of hydrogen-bond acceptors (Lipinski definition) is 6. The molecule has 0 saturated carbocycles. The number of aromatic nitrogens is 1. The molecule has 0 radical (unpaired) electrons. The van der Waals surface area contributed by atoms with Crippen molar-refractivity contribution in [3.63, 3.8) is 0 Å². The molecule has 3 aromatic rings. The van der Waals surface area contributed by atoms with Crippen LogP contribution < -0.4 is 4.74 Å². The van der Waals surface area contributed by atoms with E-state index in [-0.39, 0.29) is 5.69 Å². The quantitative estimate of drug-likeness (QED) is 0.389. The van der Waals surface area contributed by atoms with Gasteiger partial charge >= 0.3 is 5.97 Å². The summed E-state index contributed by atoms with van der Waals surface area (Å²) in [6.45, 7) is 1.34. The Morgan fingerprint density at radius 1 is 1.16 bits per heavy atom. The Labute approximate surface area is 147 Å². The lowest BCUT2D eigenvalue weighted by atomic mass is 10.1. The Balaban J connectivity index is 1.94. The molecule has 0 amide bonds. The fourth-order valence-electron chi connectivity index (χ4n) is 2.30. The number of carbonyl (C=O) groups excluding carboxylic acids is 1. The van der Waals surface area contributed by atoms with Crippen molar-refractivity contribution in [1.82, 2.24) is 4.98 Å². The summed E-state index contributed by atoms with van der Waals surface area (Å²) in [4.78, 5) is 26.3. The standard InChI is InChI=1S/C18H14N2O4S/c1-12(21)24-18-16(11-13-5-3-2-4-6-13)19-17(25-18)14-7-9-15(10-8-14)20(22)23/h2-10H,11H2,1H3. The van der Waals surface area contributed by atoms with Gasteiger partial charge in [0.25, 0.3) is 5.69 Å². The number of nitro benzene ring substituents is 1. The Bertz CT molecular complexity index is 905. The first-order valence-corrected chi connectivity index (χ1v) is 8.31. The van der Waals surface area contributed by atoms with Crippen molar-refractivity contribution >= 4 is 23.0 Å². The van der Waals surface area contributed by atoms with Gasteiger partial charge in [0.2, 0.25) is 5.06 Å². The van der Waals surface area contributed by atoms with Crippen LogP contribution in [0.2, 0.25) is 0 Å². The topological polar surface area (TPSA) is 82.3 Å². The van der Waals surface area contributed by atoms with Gasteiger partial charge in [-0.15, -0.1) is 0 Å². The van der Waals surface area contributed by atoms with Crippen LogP contribution in [0.25, 0.3) is 10.6 Å². The number of nitro groups is 1. The second kappa shape index (κ2) is 7.23. The van der Waals surface area contributed by atoms with E-state index in [1.807, 2.05) is 30.3 Å². The van der Waals surface area contributed by atoms with Gasteiger partial charge in [-0.1, -0.05) is 41.7 Å². The van der Waals surface area contributed by atoms with E-state index in [0.29, 0.717) is 22.2 Å². The smallest absolute Gasteiger partial charge is 0.308 e. The molecule has 3 rings (SSSR count). The van der Waals surface area contributed by atoms with E-state index >= 15 is 0 Å². The van der Waals surface area contributed by atoms with Crippen LogP contribution in [0.5, 0.6) is 5.06 Å². The van der Waals surface area contributed by atoms with Gasteiger partial charge in [-0.25, -0.2) is 4.98 Å². The van der Waals surface area contributed by atoms with E-state index < -0.39 is 10.9 Å². The van der Waals surface area contributed by atoms with Crippen molar-refractivity contribution in [2.45, 2.75) is 13.3 Å². The van der Waals surface area contributed by atoms with Crippen LogP contribution in [-0.2, 0) is 11.2 Å². The molecule has 6 nitrogen and oxygen atoms in total. The molecular formula is C18H14N2O4S. The Hall–Kier alpha value is -3.06. The molecule has 0 bridgehead atoms. The van der Waals surface area contributed by atoms with Crippen LogP contribution in [0.4, 0.5) is 5.69 Å². The molecule has 0 fully saturated rings. The summed E-state index contributed by atoms with van der Waals surface area (Å²) < 4.78 is 5.29. The summed E-state index contributed by atoms with van der Waals surface area (Å²) in [5.74, 6) is -0.409. The molecular weight excluding hydrogens is 340 g/mol. The van der Waals surface area contributed by atoms with Crippen LogP contribution in [-0.4, -0.2) is 15.9 Å². The first kappa shape index (κ1) is 16.8. The Morgan fingerprint density at radius 2 is 1.84 bits per heavy atom. The first-order valence-electron chi connectivity index (χ1n) is 7.50. The maximum Gasteiger partial charge on any atom is 0.308 e. The van der Waals surface area contributed by atoms with E-state index in [9.17, 15) is 14.9 Å².